The third kappa shape index (κ3) is 3.21. The van der Waals surface area contributed by atoms with Crippen LogP contribution in [0.4, 0.5) is 0 Å². The Kier molecular flexibility index (Phi) is 4.45. The van der Waals surface area contributed by atoms with Gasteiger partial charge in [0.2, 0.25) is 0 Å². The van der Waals surface area contributed by atoms with E-state index in [1.54, 1.807) is 0 Å². The van der Waals surface area contributed by atoms with Crippen LogP contribution < -0.4 is 0 Å². The van der Waals surface area contributed by atoms with Crippen molar-refractivity contribution in [2.24, 2.45) is 0 Å². The first-order valence-corrected chi connectivity index (χ1v) is 9.20. The zero-order valence-corrected chi connectivity index (χ0v) is 13.5. The molecule has 1 N–H and O–H groups in total. The van der Waals surface area contributed by atoms with Crippen LogP contribution in [0.1, 0.15) is 24.4 Å². The van der Waals surface area contributed by atoms with Gasteiger partial charge in [-0.2, -0.15) is 11.8 Å². The average molecular weight is 322 g/mol. The molecule has 0 unspecified atom stereocenters. The summed E-state index contributed by atoms with van der Waals surface area (Å²) in [6.45, 7) is 2.06. The van der Waals surface area contributed by atoms with Crippen LogP contribution in [-0.4, -0.2) is 37.9 Å². The van der Waals surface area contributed by atoms with Crippen molar-refractivity contribution in [1.29, 1.82) is 0 Å². The van der Waals surface area contributed by atoms with Gasteiger partial charge in [-0.15, -0.1) is 0 Å². The smallest absolute Gasteiger partial charge is 0.313 e. The van der Waals surface area contributed by atoms with E-state index in [0.717, 1.165) is 29.0 Å². The van der Waals surface area contributed by atoms with Gasteiger partial charge in [0.15, 0.2) is 5.16 Å². The average Bonchev–Trinajstić information content (AvgIpc) is 2.83. The lowest BCUT2D eigenvalue weighted by molar-refractivity contribution is -0.133. The van der Waals surface area contributed by atoms with Crippen LogP contribution >= 0.6 is 23.5 Å². The van der Waals surface area contributed by atoms with E-state index >= 15 is 0 Å². The van der Waals surface area contributed by atoms with Gasteiger partial charge in [-0.3, -0.25) is 4.79 Å². The molecule has 112 valence electrons. The van der Waals surface area contributed by atoms with E-state index in [1.165, 1.54) is 28.8 Å². The molecule has 21 heavy (non-hydrogen) atoms. The number of carboxylic acid groups (broad SMARTS) is 1. The van der Waals surface area contributed by atoms with E-state index in [0.29, 0.717) is 6.04 Å². The number of aryl methyl sites for hydroxylation is 1. The monoisotopic (exact) mass is 322 g/mol. The summed E-state index contributed by atoms with van der Waals surface area (Å²) in [5.41, 5.74) is 3.28. The van der Waals surface area contributed by atoms with Crippen LogP contribution in [0.25, 0.3) is 11.0 Å². The third-order valence-corrected chi connectivity index (χ3v) is 5.68. The Hall–Kier alpha value is -1.14. The van der Waals surface area contributed by atoms with Crippen molar-refractivity contribution in [2.75, 3.05) is 17.3 Å². The van der Waals surface area contributed by atoms with E-state index in [2.05, 4.69) is 34.7 Å². The molecule has 1 saturated heterocycles. The number of carbonyl (C=O) groups is 1. The van der Waals surface area contributed by atoms with Gasteiger partial charge >= 0.3 is 5.97 Å². The lowest BCUT2D eigenvalue weighted by atomic mass is 10.1. The molecule has 0 saturated carbocycles. The maximum Gasteiger partial charge on any atom is 0.313 e. The predicted molar refractivity (Wildman–Crippen MR) is 88.4 cm³/mol. The van der Waals surface area contributed by atoms with Crippen LogP contribution in [0.2, 0.25) is 0 Å². The number of fused-ring (bicyclic) bond motifs is 1. The maximum atomic E-state index is 10.9. The number of hydrogen-bond acceptors (Lipinski definition) is 4. The number of carboxylic acids is 1. The molecular formula is C15H18N2O2S2. The third-order valence-electron chi connectivity index (χ3n) is 3.69. The fourth-order valence-corrected chi connectivity index (χ4v) is 4.59. The Morgan fingerprint density at radius 2 is 2.24 bits per heavy atom. The number of thioether (sulfide) groups is 2. The van der Waals surface area contributed by atoms with Gasteiger partial charge in [-0.1, -0.05) is 17.8 Å². The zero-order valence-electron chi connectivity index (χ0n) is 11.9. The van der Waals surface area contributed by atoms with Crippen LogP contribution in [0.3, 0.4) is 0 Å². The zero-order chi connectivity index (χ0) is 14.8. The van der Waals surface area contributed by atoms with Crippen molar-refractivity contribution in [3.63, 3.8) is 0 Å². The second kappa shape index (κ2) is 6.32. The van der Waals surface area contributed by atoms with Crippen molar-refractivity contribution in [2.45, 2.75) is 31.0 Å². The lowest BCUT2D eigenvalue weighted by Gasteiger charge is -2.25. The number of hydrogen-bond donors (Lipinski definition) is 1. The highest BCUT2D eigenvalue weighted by Gasteiger charge is 2.22. The minimum Gasteiger partial charge on any atom is -0.481 e. The van der Waals surface area contributed by atoms with Gasteiger partial charge in [-0.05, 0) is 49.0 Å². The van der Waals surface area contributed by atoms with Crippen molar-refractivity contribution >= 4 is 40.5 Å². The van der Waals surface area contributed by atoms with E-state index in [-0.39, 0.29) is 5.75 Å². The van der Waals surface area contributed by atoms with Crippen LogP contribution in [0.5, 0.6) is 0 Å². The van der Waals surface area contributed by atoms with Gasteiger partial charge in [-0.25, -0.2) is 4.98 Å². The van der Waals surface area contributed by atoms with Crippen molar-refractivity contribution in [3.8, 4) is 0 Å². The summed E-state index contributed by atoms with van der Waals surface area (Å²) in [5.74, 6) is 1.59. The summed E-state index contributed by atoms with van der Waals surface area (Å²) in [5, 5.41) is 9.78. The van der Waals surface area contributed by atoms with Crippen LogP contribution in [0.15, 0.2) is 23.4 Å². The molecule has 3 rings (SSSR count). The molecule has 2 aromatic rings. The van der Waals surface area contributed by atoms with Gasteiger partial charge in [0.25, 0.3) is 0 Å². The molecule has 1 aliphatic rings. The number of nitrogens with zero attached hydrogens (tertiary/aromatic N) is 2. The largest absolute Gasteiger partial charge is 0.481 e. The maximum absolute atomic E-state index is 10.9. The minimum absolute atomic E-state index is 0.0593. The van der Waals surface area contributed by atoms with Crippen LogP contribution in [-0.2, 0) is 4.79 Å². The molecule has 1 fully saturated rings. The van der Waals surface area contributed by atoms with Gasteiger partial charge < -0.3 is 9.67 Å². The van der Waals surface area contributed by atoms with Gasteiger partial charge in [0, 0.05) is 6.04 Å². The normalized spacial score (nSPS) is 16.4. The van der Waals surface area contributed by atoms with Crippen LogP contribution in [0, 0.1) is 6.92 Å². The second-order valence-electron chi connectivity index (χ2n) is 5.28. The molecule has 1 aliphatic heterocycles. The molecule has 6 heteroatoms. The lowest BCUT2D eigenvalue weighted by Crippen LogP contribution is -2.16. The predicted octanol–water partition coefficient (Wildman–Crippen LogP) is 3.59. The summed E-state index contributed by atoms with van der Waals surface area (Å²) in [6, 6.07) is 6.73. The minimum atomic E-state index is -0.797. The standard InChI is InChI=1S/C15H18N2O2S2/c1-10-2-3-13-12(8-10)16-15(21-9-14(18)19)17(13)11-4-6-20-7-5-11/h2-3,8,11H,4-7,9H2,1H3,(H,18,19). The molecule has 0 amide bonds. The van der Waals surface area contributed by atoms with E-state index in [9.17, 15) is 4.79 Å². The Bertz CT molecular complexity index is 663. The first kappa shape index (κ1) is 14.8. The highest BCUT2D eigenvalue weighted by Crippen LogP contribution is 2.35. The van der Waals surface area contributed by atoms with Crippen molar-refractivity contribution in [1.82, 2.24) is 9.55 Å². The molecule has 2 heterocycles. The van der Waals surface area contributed by atoms with E-state index < -0.39 is 5.97 Å². The first-order valence-electron chi connectivity index (χ1n) is 7.06. The van der Waals surface area contributed by atoms with E-state index in [4.69, 9.17) is 5.11 Å². The number of aliphatic carboxylic acids is 1. The molecule has 1 aromatic heterocycles. The Morgan fingerprint density at radius 3 is 2.95 bits per heavy atom. The summed E-state index contributed by atoms with van der Waals surface area (Å²) < 4.78 is 2.27. The Balaban J connectivity index is 2.03. The van der Waals surface area contributed by atoms with Crippen molar-refractivity contribution < 1.29 is 9.90 Å². The summed E-state index contributed by atoms with van der Waals surface area (Å²) in [6.07, 6.45) is 2.26. The molecule has 0 spiro atoms. The number of imidazole rings is 1. The molecule has 0 aliphatic carbocycles. The molecular weight excluding hydrogens is 304 g/mol. The van der Waals surface area contributed by atoms with Crippen molar-refractivity contribution in [3.05, 3.63) is 23.8 Å². The Morgan fingerprint density at radius 1 is 1.48 bits per heavy atom. The number of rotatable bonds is 4. The molecule has 1 aromatic carbocycles. The summed E-state index contributed by atoms with van der Waals surface area (Å²) in [7, 11) is 0. The summed E-state index contributed by atoms with van der Waals surface area (Å²) in [4.78, 5) is 15.5. The van der Waals surface area contributed by atoms with Gasteiger partial charge in [0.05, 0.1) is 16.8 Å². The van der Waals surface area contributed by atoms with Gasteiger partial charge in [0.1, 0.15) is 0 Å². The number of aromatic nitrogens is 2. The molecule has 0 atom stereocenters. The topological polar surface area (TPSA) is 55.1 Å². The fourth-order valence-electron chi connectivity index (χ4n) is 2.71. The quantitative estimate of drug-likeness (QED) is 0.872. The van der Waals surface area contributed by atoms with E-state index in [1.807, 2.05) is 11.8 Å². The molecule has 4 nitrogen and oxygen atoms in total. The fraction of sp³-hybridized carbons (Fsp3) is 0.467. The Labute approximate surface area is 132 Å². The number of benzene rings is 1. The highest BCUT2D eigenvalue weighted by atomic mass is 32.2. The SMILES string of the molecule is Cc1ccc2c(c1)nc(SCC(=O)O)n2C1CCSCC1. The summed E-state index contributed by atoms with van der Waals surface area (Å²) >= 11 is 3.32. The molecule has 0 bridgehead atoms. The highest BCUT2D eigenvalue weighted by molar-refractivity contribution is 7.99. The molecule has 0 radical (unpaired) electrons. The second-order valence-corrected chi connectivity index (χ2v) is 7.45. The first-order chi connectivity index (χ1) is 10.1.